The topological polar surface area (TPSA) is 46.9 Å². The van der Waals surface area contributed by atoms with Crippen LogP contribution < -0.4 is 5.32 Å². The summed E-state index contributed by atoms with van der Waals surface area (Å²) in [6.07, 6.45) is 1.88. The summed E-state index contributed by atoms with van der Waals surface area (Å²) in [5.41, 5.74) is 1.34. The number of halogens is 2. The van der Waals surface area contributed by atoms with Gasteiger partial charge in [0, 0.05) is 4.90 Å². The van der Waals surface area contributed by atoms with E-state index >= 15 is 0 Å². The summed E-state index contributed by atoms with van der Waals surface area (Å²) in [6.45, 7) is -1.08. The second-order valence-electron chi connectivity index (χ2n) is 5.50. The molecular formula is C18H17F2N3OS. The van der Waals surface area contributed by atoms with Crippen LogP contribution in [-0.2, 0) is 0 Å². The molecule has 4 nitrogen and oxygen atoms in total. The lowest BCUT2D eigenvalue weighted by Crippen LogP contribution is -2.29. The summed E-state index contributed by atoms with van der Waals surface area (Å²) >= 11 is 1.46. The van der Waals surface area contributed by atoms with Crippen molar-refractivity contribution in [3.8, 4) is 0 Å². The van der Waals surface area contributed by atoms with Crippen molar-refractivity contribution in [2.45, 2.75) is 24.4 Å². The van der Waals surface area contributed by atoms with Crippen LogP contribution in [0, 0.1) is 0 Å². The molecule has 130 valence electrons. The van der Waals surface area contributed by atoms with Gasteiger partial charge in [0.05, 0.1) is 22.6 Å². The summed E-state index contributed by atoms with van der Waals surface area (Å²) in [4.78, 5) is 17.7. The van der Waals surface area contributed by atoms with Crippen LogP contribution >= 0.6 is 11.8 Å². The van der Waals surface area contributed by atoms with E-state index in [1.54, 1.807) is 43.3 Å². The van der Waals surface area contributed by atoms with Gasteiger partial charge < -0.3 is 5.32 Å². The predicted molar refractivity (Wildman–Crippen MR) is 95.1 cm³/mol. The van der Waals surface area contributed by atoms with Crippen molar-refractivity contribution in [1.82, 2.24) is 14.9 Å². The maximum atomic E-state index is 13.5. The largest absolute Gasteiger partial charge is 0.342 e. The number of nitrogens with one attached hydrogen (secondary N) is 1. The predicted octanol–water partition coefficient (Wildman–Crippen LogP) is 4.64. The van der Waals surface area contributed by atoms with Crippen molar-refractivity contribution in [3.05, 3.63) is 59.9 Å². The molecule has 1 heterocycles. The van der Waals surface area contributed by atoms with Crippen LogP contribution in [0.2, 0.25) is 0 Å². The molecule has 0 saturated carbocycles. The molecule has 2 aromatic carbocycles. The molecule has 0 aliphatic rings. The first kappa shape index (κ1) is 17.4. The molecule has 3 rings (SSSR count). The molecule has 3 aromatic rings. The van der Waals surface area contributed by atoms with Crippen molar-refractivity contribution in [2.24, 2.45) is 0 Å². The fourth-order valence-electron chi connectivity index (χ4n) is 2.74. The van der Waals surface area contributed by atoms with Gasteiger partial charge in [0.25, 0.3) is 5.91 Å². The molecule has 0 spiro atoms. The molecule has 0 aliphatic carbocycles. The third kappa shape index (κ3) is 3.37. The van der Waals surface area contributed by atoms with E-state index in [0.29, 0.717) is 16.6 Å². The van der Waals surface area contributed by atoms with E-state index in [4.69, 9.17) is 0 Å². The maximum Gasteiger partial charge on any atom is 0.320 e. The molecule has 1 unspecified atom stereocenters. The van der Waals surface area contributed by atoms with Crippen LogP contribution in [0.15, 0.2) is 53.4 Å². The number of carbonyl (C=O) groups is 1. The Kier molecular flexibility index (Phi) is 5.03. The molecule has 0 aliphatic heterocycles. The molecule has 0 bridgehead atoms. The highest BCUT2D eigenvalue weighted by Crippen LogP contribution is 2.27. The Hall–Kier alpha value is -2.41. The normalized spacial score (nSPS) is 12.5. The highest BCUT2D eigenvalue weighted by molar-refractivity contribution is 7.98. The van der Waals surface area contributed by atoms with E-state index in [2.05, 4.69) is 10.3 Å². The summed E-state index contributed by atoms with van der Waals surface area (Å²) in [5, 5.41) is 2.77. The number of nitrogens with zero attached hydrogens (tertiary/aromatic N) is 2. The van der Waals surface area contributed by atoms with Gasteiger partial charge in [-0.1, -0.05) is 24.3 Å². The summed E-state index contributed by atoms with van der Waals surface area (Å²) in [5.74, 6) is -0.184. The smallest absolute Gasteiger partial charge is 0.320 e. The van der Waals surface area contributed by atoms with Gasteiger partial charge in [-0.2, -0.15) is 8.78 Å². The van der Waals surface area contributed by atoms with Crippen molar-refractivity contribution < 1.29 is 13.6 Å². The van der Waals surface area contributed by atoms with E-state index in [9.17, 15) is 13.6 Å². The number of thioether (sulfide) groups is 1. The Balaban J connectivity index is 1.93. The number of benzene rings is 2. The fourth-order valence-corrected chi connectivity index (χ4v) is 3.34. The fraction of sp³-hybridized carbons (Fsp3) is 0.222. The third-order valence-corrected chi connectivity index (χ3v) is 4.70. The number of hydrogen-bond donors (Lipinski definition) is 1. The molecule has 0 saturated heterocycles. The first-order valence-electron chi connectivity index (χ1n) is 7.71. The number of amides is 1. The zero-order chi connectivity index (χ0) is 18.0. The van der Waals surface area contributed by atoms with Crippen LogP contribution in [0.5, 0.6) is 0 Å². The zero-order valence-corrected chi connectivity index (χ0v) is 14.6. The number of alkyl halides is 2. The van der Waals surface area contributed by atoms with Gasteiger partial charge in [0.2, 0.25) is 0 Å². The van der Waals surface area contributed by atoms with Gasteiger partial charge in [0.15, 0.2) is 0 Å². The van der Waals surface area contributed by atoms with Crippen LogP contribution in [-0.4, -0.2) is 21.7 Å². The molecule has 1 amide bonds. The van der Waals surface area contributed by atoms with Crippen molar-refractivity contribution in [1.29, 1.82) is 0 Å². The second kappa shape index (κ2) is 7.23. The maximum absolute atomic E-state index is 13.5. The van der Waals surface area contributed by atoms with Gasteiger partial charge in [-0.3, -0.25) is 9.36 Å². The first-order chi connectivity index (χ1) is 12.0. The number of fused-ring (bicyclic) bond motifs is 1. The number of imidazole rings is 1. The summed E-state index contributed by atoms with van der Waals surface area (Å²) in [7, 11) is 0. The molecule has 1 aromatic heterocycles. The number of carbonyl (C=O) groups excluding carboxylic acids is 1. The van der Waals surface area contributed by atoms with Gasteiger partial charge >= 0.3 is 6.55 Å². The van der Waals surface area contributed by atoms with E-state index in [1.807, 2.05) is 18.4 Å². The molecule has 25 heavy (non-hydrogen) atoms. The van der Waals surface area contributed by atoms with Crippen LogP contribution in [0.3, 0.4) is 0 Å². The number of aromatic nitrogens is 2. The minimum Gasteiger partial charge on any atom is -0.342 e. The SMILES string of the molecule is CSc1ccccc1C(=O)NC(C)c1nc2ccccc2n1C(F)F. The van der Waals surface area contributed by atoms with Gasteiger partial charge in [0.1, 0.15) is 5.82 Å². The summed E-state index contributed by atoms with van der Waals surface area (Å²) in [6, 6.07) is 13.2. The third-order valence-electron chi connectivity index (χ3n) is 3.90. The molecule has 7 heteroatoms. The van der Waals surface area contributed by atoms with Crippen molar-refractivity contribution in [2.75, 3.05) is 6.26 Å². The zero-order valence-electron chi connectivity index (χ0n) is 13.7. The van der Waals surface area contributed by atoms with E-state index in [-0.39, 0.29) is 11.7 Å². The molecule has 0 fully saturated rings. The van der Waals surface area contributed by atoms with Gasteiger partial charge in [-0.05, 0) is 37.4 Å². The average molecular weight is 361 g/mol. The van der Waals surface area contributed by atoms with Crippen LogP contribution in [0.25, 0.3) is 11.0 Å². The Bertz CT molecular complexity index is 910. The quantitative estimate of drug-likeness (QED) is 0.673. The van der Waals surface area contributed by atoms with E-state index < -0.39 is 12.6 Å². The summed E-state index contributed by atoms with van der Waals surface area (Å²) < 4.78 is 27.9. The van der Waals surface area contributed by atoms with Crippen LogP contribution in [0.1, 0.15) is 35.7 Å². The lowest BCUT2D eigenvalue weighted by Gasteiger charge is -2.16. The lowest BCUT2D eigenvalue weighted by molar-refractivity contribution is 0.0687. The monoisotopic (exact) mass is 361 g/mol. The Labute approximate surface area is 148 Å². The second-order valence-corrected chi connectivity index (χ2v) is 6.35. The highest BCUT2D eigenvalue weighted by atomic mass is 32.2. The lowest BCUT2D eigenvalue weighted by atomic mass is 10.2. The first-order valence-corrected chi connectivity index (χ1v) is 8.94. The minimum absolute atomic E-state index is 0.131. The Morgan fingerprint density at radius 1 is 1.16 bits per heavy atom. The van der Waals surface area contributed by atoms with Gasteiger partial charge in [-0.25, -0.2) is 4.98 Å². The number of hydrogen-bond acceptors (Lipinski definition) is 3. The molecule has 0 radical (unpaired) electrons. The van der Waals surface area contributed by atoms with Crippen molar-refractivity contribution >= 4 is 28.7 Å². The van der Waals surface area contributed by atoms with Crippen LogP contribution in [0.4, 0.5) is 8.78 Å². The number of para-hydroxylation sites is 2. The molecular weight excluding hydrogens is 344 g/mol. The Morgan fingerprint density at radius 2 is 1.84 bits per heavy atom. The van der Waals surface area contributed by atoms with E-state index in [0.717, 1.165) is 9.46 Å². The number of rotatable bonds is 5. The van der Waals surface area contributed by atoms with E-state index in [1.165, 1.54) is 11.8 Å². The van der Waals surface area contributed by atoms with Crippen molar-refractivity contribution in [3.63, 3.8) is 0 Å². The Morgan fingerprint density at radius 3 is 2.56 bits per heavy atom. The standard InChI is InChI=1S/C18H17F2N3OS/c1-11(21-17(24)12-7-3-6-10-15(12)25-2)16-22-13-8-4-5-9-14(13)23(16)18(19)20/h3-11,18H,1-2H3,(H,21,24). The molecule has 1 atom stereocenters. The average Bonchev–Trinajstić information content (AvgIpc) is 3.01. The highest BCUT2D eigenvalue weighted by Gasteiger charge is 2.23. The minimum atomic E-state index is -2.74. The molecule has 1 N–H and O–H groups in total. The van der Waals surface area contributed by atoms with Gasteiger partial charge in [-0.15, -0.1) is 11.8 Å².